The molecule has 3 heteroatoms. The lowest BCUT2D eigenvalue weighted by Gasteiger charge is -2.11. The fourth-order valence-corrected chi connectivity index (χ4v) is 1.95. The van der Waals surface area contributed by atoms with Gasteiger partial charge in [0.2, 0.25) is 0 Å². The van der Waals surface area contributed by atoms with Crippen LogP contribution in [0, 0.1) is 0 Å². The van der Waals surface area contributed by atoms with Crippen LogP contribution >= 0.6 is 0 Å². The Labute approximate surface area is 125 Å². The number of hydrogen-bond donors (Lipinski definition) is 0. The summed E-state index contributed by atoms with van der Waals surface area (Å²) >= 11 is 0. The third-order valence-corrected chi connectivity index (χ3v) is 2.92. The Morgan fingerprint density at radius 1 is 0.810 bits per heavy atom. The molecule has 0 aliphatic heterocycles. The van der Waals surface area contributed by atoms with Gasteiger partial charge in [-0.3, -0.25) is 0 Å². The van der Waals surface area contributed by atoms with Crippen molar-refractivity contribution in [2.24, 2.45) is 0 Å². The molecule has 0 heterocycles. The highest BCUT2D eigenvalue weighted by molar-refractivity contribution is 5.70. The van der Waals surface area contributed by atoms with Gasteiger partial charge in [-0.2, -0.15) is 0 Å². The predicted molar refractivity (Wildman–Crippen MR) is 84.3 cm³/mol. The van der Waals surface area contributed by atoms with Crippen molar-refractivity contribution in [2.45, 2.75) is 0 Å². The standard InChI is InChI=1S/C18H20O3/c1-2-19-12-13-20-14-15-21-18-11-7-6-10-17(18)16-8-4-3-5-9-16/h2-11H,1,12-15H2. The number of hydrogen-bond acceptors (Lipinski definition) is 3. The van der Waals surface area contributed by atoms with Crippen LogP contribution in [0.25, 0.3) is 11.1 Å². The van der Waals surface area contributed by atoms with Gasteiger partial charge in [0.15, 0.2) is 0 Å². The maximum atomic E-state index is 5.81. The summed E-state index contributed by atoms with van der Waals surface area (Å²) in [5.74, 6) is 0.870. The molecule has 0 saturated heterocycles. The minimum absolute atomic E-state index is 0.512. The van der Waals surface area contributed by atoms with Crippen LogP contribution in [0.4, 0.5) is 0 Å². The van der Waals surface area contributed by atoms with Gasteiger partial charge in [-0.25, -0.2) is 0 Å². The Morgan fingerprint density at radius 2 is 1.52 bits per heavy atom. The molecule has 0 saturated carbocycles. The molecule has 3 nitrogen and oxygen atoms in total. The smallest absolute Gasteiger partial charge is 0.127 e. The molecule has 2 aromatic carbocycles. The van der Waals surface area contributed by atoms with E-state index in [1.54, 1.807) is 0 Å². The van der Waals surface area contributed by atoms with Gasteiger partial charge in [-0.15, -0.1) is 0 Å². The van der Waals surface area contributed by atoms with Crippen molar-refractivity contribution in [2.75, 3.05) is 26.4 Å². The second kappa shape index (κ2) is 8.82. The van der Waals surface area contributed by atoms with E-state index in [4.69, 9.17) is 14.2 Å². The minimum atomic E-state index is 0.512. The number of rotatable bonds is 9. The third-order valence-electron chi connectivity index (χ3n) is 2.92. The molecule has 2 aromatic rings. The maximum Gasteiger partial charge on any atom is 0.127 e. The second-order valence-corrected chi connectivity index (χ2v) is 4.36. The van der Waals surface area contributed by atoms with Gasteiger partial charge in [-0.1, -0.05) is 55.1 Å². The van der Waals surface area contributed by atoms with Gasteiger partial charge in [0.1, 0.15) is 19.0 Å². The van der Waals surface area contributed by atoms with Gasteiger partial charge < -0.3 is 14.2 Å². The lowest BCUT2D eigenvalue weighted by atomic mass is 10.1. The van der Waals surface area contributed by atoms with Crippen molar-refractivity contribution in [3.05, 3.63) is 67.4 Å². The van der Waals surface area contributed by atoms with E-state index in [-0.39, 0.29) is 0 Å². The Bertz CT molecular complexity index is 537. The van der Waals surface area contributed by atoms with E-state index in [9.17, 15) is 0 Å². The minimum Gasteiger partial charge on any atom is -0.499 e. The maximum absolute atomic E-state index is 5.81. The van der Waals surface area contributed by atoms with Crippen LogP contribution in [0.5, 0.6) is 5.75 Å². The topological polar surface area (TPSA) is 27.7 Å². The number of para-hydroxylation sites is 1. The highest BCUT2D eigenvalue weighted by atomic mass is 16.5. The van der Waals surface area contributed by atoms with E-state index in [1.807, 2.05) is 36.4 Å². The van der Waals surface area contributed by atoms with Crippen LogP contribution < -0.4 is 4.74 Å². The van der Waals surface area contributed by atoms with Gasteiger partial charge in [0.25, 0.3) is 0 Å². The fraction of sp³-hybridized carbons (Fsp3) is 0.222. The van der Waals surface area contributed by atoms with E-state index in [0.717, 1.165) is 16.9 Å². The quantitative estimate of drug-likeness (QED) is 0.516. The first-order valence-corrected chi connectivity index (χ1v) is 6.99. The second-order valence-electron chi connectivity index (χ2n) is 4.36. The Morgan fingerprint density at radius 3 is 2.33 bits per heavy atom. The van der Waals surface area contributed by atoms with Crippen molar-refractivity contribution in [3.63, 3.8) is 0 Å². The van der Waals surface area contributed by atoms with Crippen LogP contribution in [0.1, 0.15) is 0 Å². The molecular weight excluding hydrogens is 264 g/mol. The van der Waals surface area contributed by atoms with Gasteiger partial charge in [0.05, 0.1) is 19.5 Å². The summed E-state index contributed by atoms with van der Waals surface area (Å²) in [6.45, 7) is 5.57. The van der Waals surface area contributed by atoms with Crippen LogP contribution in [-0.2, 0) is 9.47 Å². The fourth-order valence-electron chi connectivity index (χ4n) is 1.95. The predicted octanol–water partition coefficient (Wildman–Crippen LogP) is 3.91. The highest BCUT2D eigenvalue weighted by Gasteiger charge is 2.04. The Balaban J connectivity index is 1.85. The molecule has 21 heavy (non-hydrogen) atoms. The number of benzene rings is 2. The summed E-state index contributed by atoms with van der Waals surface area (Å²) in [5.41, 5.74) is 2.24. The largest absolute Gasteiger partial charge is 0.499 e. The first-order valence-electron chi connectivity index (χ1n) is 6.99. The normalized spacial score (nSPS) is 10.1. The van der Waals surface area contributed by atoms with E-state index >= 15 is 0 Å². The monoisotopic (exact) mass is 284 g/mol. The van der Waals surface area contributed by atoms with E-state index in [1.165, 1.54) is 6.26 Å². The van der Waals surface area contributed by atoms with E-state index in [2.05, 4.69) is 24.8 Å². The summed E-state index contributed by atoms with van der Waals surface area (Å²) < 4.78 is 16.2. The average molecular weight is 284 g/mol. The molecular formula is C18H20O3. The summed E-state index contributed by atoms with van der Waals surface area (Å²) in [4.78, 5) is 0. The molecule has 0 atom stereocenters. The molecule has 0 bridgehead atoms. The van der Waals surface area contributed by atoms with Crippen LogP contribution in [0.2, 0.25) is 0 Å². The zero-order chi connectivity index (χ0) is 14.8. The summed E-state index contributed by atoms with van der Waals surface area (Å²) in [6.07, 6.45) is 1.41. The molecule has 0 aliphatic carbocycles. The van der Waals surface area contributed by atoms with Crippen molar-refractivity contribution >= 4 is 0 Å². The molecule has 0 aliphatic rings. The zero-order valence-corrected chi connectivity index (χ0v) is 12.0. The molecule has 2 rings (SSSR count). The Kier molecular flexibility index (Phi) is 6.36. The van der Waals surface area contributed by atoms with Gasteiger partial charge in [0, 0.05) is 5.56 Å². The van der Waals surface area contributed by atoms with Crippen molar-refractivity contribution in [1.29, 1.82) is 0 Å². The number of ether oxygens (including phenoxy) is 3. The summed E-state index contributed by atoms with van der Waals surface area (Å²) in [7, 11) is 0. The first kappa shape index (κ1) is 15.1. The van der Waals surface area contributed by atoms with Gasteiger partial charge >= 0.3 is 0 Å². The zero-order valence-electron chi connectivity index (χ0n) is 12.0. The average Bonchev–Trinajstić information content (AvgIpc) is 2.55. The molecule has 0 radical (unpaired) electrons. The van der Waals surface area contributed by atoms with Crippen LogP contribution in [-0.4, -0.2) is 26.4 Å². The Hall–Kier alpha value is -2.26. The van der Waals surface area contributed by atoms with Gasteiger partial charge in [-0.05, 0) is 11.6 Å². The lowest BCUT2D eigenvalue weighted by molar-refractivity contribution is 0.0655. The molecule has 0 amide bonds. The molecule has 0 N–H and O–H groups in total. The van der Waals surface area contributed by atoms with Crippen LogP contribution in [0.3, 0.4) is 0 Å². The molecule has 0 unspecified atom stereocenters. The molecule has 0 aromatic heterocycles. The van der Waals surface area contributed by atoms with Crippen molar-refractivity contribution < 1.29 is 14.2 Å². The summed E-state index contributed by atoms with van der Waals surface area (Å²) in [5, 5.41) is 0. The molecule has 0 fully saturated rings. The summed E-state index contributed by atoms with van der Waals surface area (Å²) in [6, 6.07) is 18.2. The highest BCUT2D eigenvalue weighted by Crippen LogP contribution is 2.29. The van der Waals surface area contributed by atoms with Crippen molar-refractivity contribution in [1.82, 2.24) is 0 Å². The SMILES string of the molecule is C=COCCOCCOc1ccccc1-c1ccccc1. The lowest BCUT2D eigenvalue weighted by Crippen LogP contribution is -2.10. The molecule has 110 valence electrons. The van der Waals surface area contributed by atoms with Crippen LogP contribution in [0.15, 0.2) is 67.4 Å². The molecule has 0 spiro atoms. The van der Waals surface area contributed by atoms with E-state index in [0.29, 0.717) is 26.4 Å². The first-order chi connectivity index (χ1) is 10.4. The third kappa shape index (κ3) is 4.97. The van der Waals surface area contributed by atoms with Crippen molar-refractivity contribution in [3.8, 4) is 16.9 Å². The van der Waals surface area contributed by atoms with E-state index < -0.39 is 0 Å².